The van der Waals surface area contributed by atoms with Crippen LogP contribution in [0.5, 0.6) is 11.5 Å². The Morgan fingerprint density at radius 2 is 1.80 bits per heavy atom. The van der Waals surface area contributed by atoms with Crippen LogP contribution in [-0.4, -0.2) is 33.6 Å². The molecule has 1 aliphatic rings. The molecule has 3 aromatic rings. The van der Waals surface area contributed by atoms with Crippen LogP contribution in [0.15, 0.2) is 40.9 Å². The molecule has 0 aliphatic carbocycles. The standard InChI is InChI=1S/C20H18BrN5O4/c1-11-7-13(3-5-15(11)21)23-20(28)19-12(2)26(25-24-19)9-18(27)22-14-4-6-16-17(8-14)30-10-29-16/h3-8H,9-10H2,1-2H3,(H,22,27)(H,23,28). The first-order valence-corrected chi connectivity index (χ1v) is 9.87. The van der Waals surface area contributed by atoms with E-state index in [-0.39, 0.29) is 24.9 Å². The van der Waals surface area contributed by atoms with E-state index >= 15 is 0 Å². The number of anilines is 2. The molecule has 2 N–H and O–H groups in total. The Balaban J connectivity index is 1.41. The van der Waals surface area contributed by atoms with Crippen LogP contribution in [0.25, 0.3) is 0 Å². The number of aryl methyl sites for hydroxylation is 1. The lowest BCUT2D eigenvalue weighted by molar-refractivity contribution is -0.117. The van der Waals surface area contributed by atoms with Gasteiger partial charge in [0.2, 0.25) is 12.7 Å². The van der Waals surface area contributed by atoms with Crippen LogP contribution in [-0.2, 0) is 11.3 Å². The van der Waals surface area contributed by atoms with Gasteiger partial charge in [-0.1, -0.05) is 21.1 Å². The molecule has 0 saturated carbocycles. The van der Waals surface area contributed by atoms with Gasteiger partial charge in [0.25, 0.3) is 5.91 Å². The van der Waals surface area contributed by atoms with Gasteiger partial charge in [0.1, 0.15) is 6.54 Å². The average molecular weight is 472 g/mol. The summed E-state index contributed by atoms with van der Waals surface area (Å²) in [5.41, 5.74) is 2.86. The smallest absolute Gasteiger partial charge is 0.278 e. The number of nitrogens with zero attached hydrogens (tertiary/aromatic N) is 3. The number of halogens is 1. The van der Waals surface area contributed by atoms with Gasteiger partial charge in [-0.15, -0.1) is 5.10 Å². The van der Waals surface area contributed by atoms with E-state index in [2.05, 4.69) is 36.9 Å². The predicted octanol–water partition coefficient (Wildman–Crippen LogP) is 3.28. The van der Waals surface area contributed by atoms with E-state index in [9.17, 15) is 9.59 Å². The molecular formula is C20H18BrN5O4. The number of benzene rings is 2. The van der Waals surface area contributed by atoms with E-state index in [1.54, 1.807) is 31.2 Å². The highest BCUT2D eigenvalue weighted by atomic mass is 79.9. The van der Waals surface area contributed by atoms with Crippen molar-refractivity contribution in [2.75, 3.05) is 17.4 Å². The Bertz CT molecular complexity index is 1140. The van der Waals surface area contributed by atoms with Crippen molar-refractivity contribution in [3.8, 4) is 11.5 Å². The average Bonchev–Trinajstić information content (AvgIpc) is 3.31. The molecule has 9 nitrogen and oxygen atoms in total. The molecular weight excluding hydrogens is 454 g/mol. The van der Waals surface area contributed by atoms with Crippen LogP contribution in [0.2, 0.25) is 0 Å². The molecule has 0 fully saturated rings. The van der Waals surface area contributed by atoms with Crippen molar-refractivity contribution in [1.29, 1.82) is 0 Å². The monoisotopic (exact) mass is 471 g/mol. The molecule has 2 heterocycles. The van der Waals surface area contributed by atoms with Crippen LogP contribution < -0.4 is 20.1 Å². The summed E-state index contributed by atoms with van der Waals surface area (Å²) in [4.78, 5) is 25.0. The van der Waals surface area contributed by atoms with Gasteiger partial charge in [-0.25, -0.2) is 4.68 Å². The quantitative estimate of drug-likeness (QED) is 0.591. The van der Waals surface area contributed by atoms with Gasteiger partial charge >= 0.3 is 0 Å². The number of hydrogen-bond donors (Lipinski definition) is 2. The van der Waals surface area contributed by atoms with E-state index in [1.165, 1.54) is 4.68 Å². The number of hydrogen-bond acceptors (Lipinski definition) is 6. The summed E-state index contributed by atoms with van der Waals surface area (Å²) < 4.78 is 12.9. The zero-order valence-corrected chi connectivity index (χ0v) is 17.8. The molecule has 2 amide bonds. The van der Waals surface area contributed by atoms with Crippen molar-refractivity contribution in [2.24, 2.45) is 0 Å². The minimum absolute atomic E-state index is 0.0854. The summed E-state index contributed by atoms with van der Waals surface area (Å²) in [7, 11) is 0. The maximum atomic E-state index is 12.6. The molecule has 0 atom stereocenters. The van der Waals surface area contributed by atoms with Gasteiger partial charge in [-0.2, -0.15) is 0 Å². The Hall–Kier alpha value is -3.40. The lowest BCUT2D eigenvalue weighted by atomic mass is 10.2. The van der Waals surface area contributed by atoms with Gasteiger partial charge in [0.05, 0.1) is 5.69 Å². The van der Waals surface area contributed by atoms with E-state index in [0.29, 0.717) is 28.6 Å². The second-order valence-corrected chi connectivity index (χ2v) is 7.57. The minimum atomic E-state index is -0.392. The number of amides is 2. The fourth-order valence-electron chi connectivity index (χ4n) is 2.94. The van der Waals surface area contributed by atoms with Crippen LogP contribution in [0.4, 0.5) is 11.4 Å². The third kappa shape index (κ3) is 4.13. The highest BCUT2D eigenvalue weighted by Gasteiger charge is 2.19. The fraction of sp³-hybridized carbons (Fsp3) is 0.200. The van der Waals surface area contributed by atoms with Gasteiger partial charge in [0, 0.05) is 21.9 Å². The van der Waals surface area contributed by atoms with Crippen molar-refractivity contribution in [3.63, 3.8) is 0 Å². The normalized spacial score (nSPS) is 12.0. The molecule has 2 aromatic carbocycles. The topological polar surface area (TPSA) is 107 Å². The zero-order chi connectivity index (χ0) is 21.3. The van der Waals surface area contributed by atoms with E-state index < -0.39 is 5.91 Å². The summed E-state index contributed by atoms with van der Waals surface area (Å²) >= 11 is 3.43. The van der Waals surface area contributed by atoms with Crippen molar-refractivity contribution >= 4 is 39.1 Å². The Labute approximate surface area is 180 Å². The number of carbonyl (C=O) groups excluding carboxylic acids is 2. The molecule has 0 saturated heterocycles. The minimum Gasteiger partial charge on any atom is -0.454 e. The largest absolute Gasteiger partial charge is 0.454 e. The van der Waals surface area contributed by atoms with Crippen LogP contribution >= 0.6 is 15.9 Å². The summed E-state index contributed by atoms with van der Waals surface area (Å²) in [6.45, 7) is 3.70. The Morgan fingerprint density at radius 3 is 2.60 bits per heavy atom. The summed E-state index contributed by atoms with van der Waals surface area (Å²) in [6.07, 6.45) is 0. The fourth-order valence-corrected chi connectivity index (χ4v) is 3.19. The highest BCUT2D eigenvalue weighted by Crippen LogP contribution is 2.34. The van der Waals surface area contributed by atoms with Gasteiger partial charge in [0.15, 0.2) is 17.2 Å². The number of fused-ring (bicyclic) bond motifs is 1. The molecule has 0 radical (unpaired) electrons. The molecule has 30 heavy (non-hydrogen) atoms. The number of nitrogens with one attached hydrogen (secondary N) is 2. The van der Waals surface area contributed by atoms with Crippen LogP contribution in [0.3, 0.4) is 0 Å². The molecule has 1 aliphatic heterocycles. The summed E-state index contributed by atoms with van der Waals surface area (Å²) in [5, 5.41) is 13.4. The second kappa shape index (κ2) is 8.15. The van der Waals surface area contributed by atoms with Crippen molar-refractivity contribution in [1.82, 2.24) is 15.0 Å². The Kier molecular flexibility index (Phi) is 5.40. The molecule has 0 unspecified atom stereocenters. The molecule has 0 bridgehead atoms. The third-order valence-electron chi connectivity index (χ3n) is 4.56. The van der Waals surface area contributed by atoms with Gasteiger partial charge < -0.3 is 20.1 Å². The van der Waals surface area contributed by atoms with Gasteiger partial charge in [-0.3, -0.25) is 9.59 Å². The first-order valence-electron chi connectivity index (χ1n) is 9.08. The number of ether oxygens (including phenoxy) is 2. The first kappa shape index (κ1) is 19.9. The molecule has 154 valence electrons. The Morgan fingerprint density at radius 1 is 1.07 bits per heavy atom. The lowest BCUT2D eigenvalue weighted by Gasteiger charge is -2.08. The summed E-state index contributed by atoms with van der Waals surface area (Å²) in [5.74, 6) is 0.512. The molecule has 10 heteroatoms. The maximum Gasteiger partial charge on any atom is 0.278 e. The maximum absolute atomic E-state index is 12.6. The van der Waals surface area contributed by atoms with Crippen molar-refractivity contribution < 1.29 is 19.1 Å². The van der Waals surface area contributed by atoms with E-state index in [1.807, 2.05) is 19.1 Å². The molecule has 0 spiro atoms. The number of rotatable bonds is 5. The lowest BCUT2D eigenvalue weighted by Crippen LogP contribution is -2.21. The summed E-state index contributed by atoms with van der Waals surface area (Å²) in [6, 6.07) is 10.6. The highest BCUT2D eigenvalue weighted by molar-refractivity contribution is 9.10. The SMILES string of the molecule is Cc1cc(NC(=O)c2nnn(CC(=O)Nc3ccc4c(c3)OCO4)c2C)ccc1Br. The van der Waals surface area contributed by atoms with Crippen molar-refractivity contribution in [2.45, 2.75) is 20.4 Å². The first-order chi connectivity index (χ1) is 14.4. The predicted molar refractivity (Wildman–Crippen MR) is 113 cm³/mol. The molecule has 4 rings (SSSR count). The van der Waals surface area contributed by atoms with Crippen LogP contribution in [0.1, 0.15) is 21.7 Å². The number of carbonyl (C=O) groups is 2. The second-order valence-electron chi connectivity index (χ2n) is 6.72. The van der Waals surface area contributed by atoms with Crippen LogP contribution in [0, 0.1) is 13.8 Å². The van der Waals surface area contributed by atoms with E-state index in [4.69, 9.17) is 9.47 Å². The molecule has 1 aromatic heterocycles. The zero-order valence-electron chi connectivity index (χ0n) is 16.2. The van der Waals surface area contributed by atoms with E-state index in [0.717, 1.165) is 10.0 Å². The van der Waals surface area contributed by atoms with Crippen molar-refractivity contribution in [3.05, 3.63) is 57.8 Å². The number of aromatic nitrogens is 3. The van der Waals surface area contributed by atoms with Gasteiger partial charge in [-0.05, 0) is 49.7 Å². The third-order valence-corrected chi connectivity index (χ3v) is 5.45.